The lowest BCUT2D eigenvalue weighted by molar-refractivity contribution is 0.00783. The first-order valence-corrected chi connectivity index (χ1v) is 11.5. The number of carbonyl (C=O) groups is 1. The number of rotatable bonds is 0. The number of carbonyl (C=O) groups excluding carboxylic acids is 1. The molecule has 3 fully saturated rings. The van der Waals surface area contributed by atoms with Gasteiger partial charge in [-0.05, 0) is 71.8 Å². The zero-order chi connectivity index (χ0) is 22.9. The summed E-state index contributed by atoms with van der Waals surface area (Å²) in [5.41, 5.74) is -0.0860. The number of amides is 1. The number of hydrogen-bond donors (Lipinski definition) is 2. The maximum absolute atomic E-state index is 12.0. The molecule has 4 rings (SSSR count). The molecule has 1 saturated carbocycles. The summed E-state index contributed by atoms with van der Waals surface area (Å²) in [4.78, 5) is 26.7. The minimum Gasteiger partial charge on any atom is -0.444 e. The van der Waals surface area contributed by atoms with E-state index in [2.05, 4.69) is 4.98 Å². The van der Waals surface area contributed by atoms with Crippen LogP contribution in [0.3, 0.4) is 0 Å². The Bertz CT molecular complexity index is 751. The highest BCUT2D eigenvalue weighted by Crippen LogP contribution is 2.36. The second kappa shape index (κ2) is 11.9. The molecule has 1 aromatic heterocycles. The normalized spacial score (nSPS) is 22.9. The lowest BCUT2D eigenvalue weighted by atomic mass is 9.98. The van der Waals surface area contributed by atoms with Crippen LogP contribution in [0.15, 0.2) is 23.1 Å². The number of pyridine rings is 1. The second-order valence-corrected chi connectivity index (χ2v) is 9.55. The van der Waals surface area contributed by atoms with Crippen molar-refractivity contribution in [1.82, 2.24) is 9.88 Å². The number of piperidine rings is 1. The molecule has 2 bridgehead atoms. The Labute approximate surface area is 185 Å². The number of nitrogens with one attached hydrogen (secondary N) is 1. The van der Waals surface area contributed by atoms with E-state index in [0.717, 1.165) is 25.7 Å². The van der Waals surface area contributed by atoms with E-state index in [0.29, 0.717) is 17.6 Å². The van der Waals surface area contributed by atoms with E-state index in [1.807, 2.05) is 31.7 Å². The van der Waals surface area contributed by atoms with Crippen molar-refractivity contribution in [2.75, 3.05) is 0 Å². The molecule has 1 amide bonds. The number of aliphatic hydroxyl groups is 1. The third-order valence-electron chi connectivity index (χ3n) is 5.79. The topological polar surface area (TPSA) is 106 Å². The average Bonchev–Trinajstić information content (AvgIpc) is 2.98. The average molecular weight is 432 g/mol. The van der Waals surface area contributed by atoms with Crippen molar-refractivity contribution in [3.63, 3.8) is 0 Å². The molecule has 3 heterocycles. The number of aromatic amines is 1. The zero-order valence-electron chi connectivity index (χ0n) is 19.1. The molecule has 7 heteroatoms. The number of hydrogen-bond acceptors (Lipinski definition) is 5. The van der Waals surface area contributed by atoms with Gasteiger partial charge in [0, 0.05) is 24.3 Å². The molecule has 2 N–H and O–H groups in total. The van der Waals surface area contributed by atoms with Gasteiger partial charge in [0.1, 0.15) is 11.7 Å². The summed E-state index contributed by atoms with van der Waals surface area (Å²) in [6.07, 6.45) is 13.1. The van der Waals surface area contributed by atoms with Crippen LogP contribution in [0.1, 0.15) is 90.5 Å². The molecule has 2 saturated heterocycles. The van der Waals surface area contributed by atoms with Crippen LogP contribution in [-0.4, -0.2) is 44.9 Å². The standard InChI is InChI=1S/C12H21NO2.C6H4N2O.C6H12O/c1-12(2,3)15-11(14)13-9-5-4-6-10(13)8-7-9;7-3-5-1-2-6(9)8-4-5;7-6-4-2-1-3-5-6/h9-10H,4-8H2,1-3H3;1-2,4H,(H,8,9);6-7H,1-5H2. The van der Waals surface area contributed by atoms with Gasteiger partial charge in [-0.3, -0.25) is 4.79 Å². The van der Waals surface area contributed by atoms with Gasteiger partial charge in [0.15, 0.2) is 0 Å². The van der Waals surface area contributed by atoms with E-state index in [1.165, 1.54) is 56.9 Å². The minimum absolute atomic E-state index is 0.0359. The molecule has 0 aromatic carbocycles. The molecule has 1 aliphatic carbocycles. The summed E-state index contributed by atoms with van der Waals surface area (Å²) in [7, 11) is 0. The zero-order valence-corrected chi connectivity index (χ0v) is 19.1. The van der Waals surface area contributed by atoms with Crippen molar-refractivity contribution >= 4 is 6.09 Å². The Hall–Kier alpha value is -2.33. The summed E-state index contributed by atoms with van der Waals surface area (Å²) in [6, 6.07) is 5.59. The molecular formula is C24H37N3O4. The van der Waals surface area contributed by atoms with Gasteiger partial charge < -0.3 is 19.7 Å². The molecule has 31 heavy (non-hydrogen) atoms. The van der Waals surface area contributed by atoms with Gasteiger partial charge >= 0.3 is 6.09 Å². The van der Waals surface area contributed by atoms with Crippen LogP contribution >= 0.6 is 0 Å². The third kappa shape index (κ3) is 8.74. The van der Waals surface area contributed by atoms with E-state index >= 15 is 0 Å². The van der Waals surface area contributed by atoms with E-state index < -0.39 is 0 Å². The third-order valence-corrected chi connectivity index (χ3v) is 5.79. The van der Waals surface area contributed by atoms with Gasteiger partial charge in [-0.15, -0.1) is 0 Å². The molecule has 2 atom stereocenters. The van der Waals surface area contributed by atoms with Crippen LogP contribution in [0.2, 0.25) is 0 Å². The lowest BCUT2D eigenvalue weighted by Crippen LogP contribution is -2.46. The van der Waals surface area contributed by atoms with Crippen LogP contribution in [-0.2, 0) is 4.74 Å². The Morgan fingerprint density at radius 3 is 2.10 bits per heavy atom. The first-order chi connectivity index (χ1) is 14.7. The van der Waals surface area contributed by atoms with Gasteiger partial charge in [-0.1, -0.05) is 19.3 Å². The van der Waals surface area contributed by atoms with Crippen LogP contribution in [0, 0.1) is 11.3 Å². The number of nitriles is 1. The van der Waals surface area contributed by atoms with Crippen molar-refractivity contribution in [3.05, 3.63) is 34.2 Å². The molecule has 7 nitrogen and oxygen atoms in total. The van der Waals surface area contributed by atoms with E-state index in [1.54, 1.807) is 0 Å². The highest BCUT2D eigenvalue weighted by atomic mass is 16.6. The van der Waals surface area contributed by atoms with E-state index in [-0.39, 0.29) is 23.4 Å². The molecular weight excluding hydrogens is 394 g/mol. The highest BCUT2D eigenvalue weighted by Gasteiger charge is 2.41. The first-order valence-electron chi connectivity index (χ1n) is 11.5. The highest BCUT2D eigenvalue weighted by molar-refractivity contribution is 5.69. The maximum atomic E-state index is 12.0. The molecule has 3 aliphatic rings. The number of ether oxygens (including phenoxy) is 1. The summed E-state index contributed by atoms with van der Waals surface area (Å²) in [6.45, 7) is 5.78. The number of fused-ring (bicyclic) bond motifs is 2. The predicted molar refractivity (Wildman–Crippen MR) is 120 cm³/mol. The summed E-state index contributed by atoms with van der Waals surface area (Å²) < 4.78 is 5.44. The fraction of sp³-hybridized carbons (Fsp3) is 0.708. The van der Waals surface area contributed by atoms with Crippen molar-refractivity contribution in [3.8, 4) is 6.07 Å². The van der Waals surface area contributed by atoms with E-state index in [9.17, 15) is 9.59 Å². The maximum Gasteiger partial charge on any atom is 0.410 e. The summed E-state index contributed by atoms with van der Waals surface area (Å²) in [5.74, 6) is 0. The predicted octanol–water partition coefficient (Wildman–Crippen LogP) is 4.50. The summed E-state index contributed by atoms with van der Waals surface area (Å²) >= 11 is 0. The Morgan fingerprint density at radius 1 is 1.06 bits per heavy atom. The molecule has 2 unspecified atom stereocenters. The quantitative estimate of drug-likeness (QED) is 0.629. The Balaban J connectivity index is 0.000000181. The summed E-state index contributed by atoms with van der Waals surface area (Å²) in [5, 5.41) is 17.2. The largest absolute Gasteiger partial charge is 0.444 e. The number of nitrogens with zero attached hydrogens (tertiary/aromatic N) is 2. The number of aromatic nitrogens is 1. The Kier molecular flexibility index (Phi) is 9.57. The van der Waals surface area contributed by atoms with Crippen LogP contribution < -0.4 is 5.56 Å². The van der Waals surface area contributed by atoms with Crippen molar-refractivity contribution in [1.29, 1.82) is 5.26 Å². The van der Waals surface area contributed by atoms with Crippen molar-refractivity contribution in [2.45, 2.75) is 109 Å². The molecule has 2 aliphatic heterocycles. The lowest BCUT2D eigenvalue weighted by Gasteiger charge is -2.35. The number of H-pyrrole nitrogens is 1. The van der Waals surface area contributed by atoms with Gasteiger partial charge in [0.25, 0.3) is 0 Å². The van der Waals surface area contributed by atoms with Crippen LogP contribution in [0.4, 0.5) is 4.79 Å². The number of aliphatic hydroxyl groups excluding tert-OH is 1. The smallest absolute Gasteiger partial charge is 0.410 e. The van der Waals surface area contributed by atoms with Crippen molar-refractivity contribution in [2.24, 2.45) is 0 Å². The van der Waals surface area contributed by atoms with Gasteiger partial charge in [0.2, 0.25) is 5.56 Å². The fourth-order valence-corrected chi connectivity index (χ4v) is 4.29. The first kappa shape index (κ1) is 24.9. The minimum atomic E-state index is -0.367. The fourth-order valence-electron chi connectivity index (χ4n) is 4.29. The van der Waals surface area contributed by atoms with Crippen molar-refractivity contribution < 1.29 is 14.6 Å². The molecule has 1 aromatic rings. The van der Waals surface area contributed by atoms with Gasteiger partial charge in [-0.25, -0.2) is 4.79 Å². The Morgan fingerprint density at radius 2 is 1.68 bits per heavy atom. The molecule has 0 radical (unpaired) electrons. The van der Waals surface area contributed by atoms with Gasteiger partial charge in [-0.2, -0.15) is 5.26 Å². The SMILES string of the molecule is CC(C)(C)OC(=O)N1C2CCCC1CC2.N#Cc1ccc(=O)[nH]c1.OC1CCCCC1. The second-order valence-electron chi connectivity index (χ2n) is 9.55. The molecule has 172 valence electrons. The van der Waals surface area contributed by atoms with Crippen LogP contribution in [0.5, 0.6) is 0 Å². The van der Waals surface area contributed by atoms with Crippen LogP contribution in [0.25, 0.3) is 0 Å². The van der Waals surface area contributed by atoms with E-state index in [4.69, 9.17) is 15.1 Å². The monoisotopic (exact) mass is 431 g/mol. The molecule has 0 spiro atoms. The van der Waals surface area contributed by atoms with Gasteiger partial charge in [0.05, 0.1) is 11.7 Å².